The van der Waals surface area contributed by atoms with E-state index in [2.05, 4.69) is 28.7 Å². The van der Waals surface area contributed by atoms with Crippen LogP contribution in [0.2, 0.25) is 0 Å². The minimum Gasteiger partial charge on any atom is -0.399 e. The SMILES string of the molecule is CC1(C)CN(c2nc3ccc(N)cc3c(=O)[nH]2)CCS1. The molecule has 0 bridgehead atoms. The minimum absolute atomic E-state index is 0.131. The molecule has 106 valence electrons. The highest BCUT2D eigenvalue weighted by atomic mass is 32.2. The summed E-state index contributed by atoms with van der Waals surface area (Å²) in [6.07, 6.45) is 0. The minimum atomic E-state index is -0.131. The number of aromatic nitrogens is 2. The first-order valence-electron chi connectivity index (χ1n) is 6.63. The summed E-state index contributed by atoms with van der Waals surface area (Å²) >= 11 is 1.95. The molecule has 6 heteroatoms. The van der Waals surface area contributed by atoms with E-state index in [1.807, 2.05) is 11.8 Å². The third kappa shape index (κ3) is 2.47. The van der Waals surface area contributed by atoms with E-state index in [9.17, 15) is 4.79 Å². The summed E-state index contributed by atoms with van der Waals surface area (Å²) in [6, 6.07) is 5.24. The highest BCUT2D eigenvalue weighted by Gasteiger charge is 2.28. The summed E-state index contributed by atoms with van der Waals surface area (Å²) in [6.45, 7) is 6.20. The number of nitrogens with one attached hydrogen (secondary N) is 1. The molecule has 1 aliphatic rings. The van der Waals surface area contributed by atoms with Crippen LogP contribution in [0.25, 0.3) is 10.9 Å². The van der Waals surface area contributed by atoms with E-state index in [1.165, 1.54) is 0 Å². The Bertz CT molecular complexity index is 710. The van der Waals surface area contributed by atoms with Gasteiger partial charge in [0.25, 0.3) is 5.56 Å². The van der Waals surface area contributed by atoms with Gasteiger partial charge in [-0.1, -0.05) is 0 Å². The molecular formula is C14H18N4OS. The molecule has 0 radical (unpaired) electrons. The lowest BCUT2D eigenvalue weighted by molar-refractivity contribution is 0.636. The van der Waals surface area contributed by atoms with Crippen LogP contribution in [0.5, 0.6) is 0 Å². The number of benzene rings is 1. The van der Waals surface area contributed by atoms with Crippen LogP contribution in [0.15, 0.2) is 23.0 Å². The van der Waals surface area contributed by atoms with Gasteiger partial charge in [0.2, 0.25) is 5.95 Å². The number of aromatic amines is 1. The van der Waals surface area contributed by atoms with Crippen LogP contribution < -0.4 is 16.2 Å². The van der Waals surface area contributed by atoms with Gasteiger partial charge in [0.15, 0.2) is 0 Å². The molecule has 5 nitrogen and oxygen atoms in total. The third-order valence-corrected chi connectivity index (χ3v) is 4.74. The molecule has 0 atom stereocenters. The molecule has 0 saturated carbocycles. The second kappa shape index (κ2) is 4.70. The van der Waals surface area contributed by atoms with Gasteiger partial charge in [-0.25, -0.2) is 4.98 Å². The molecule has 1 fully saturated rings. The molecule has 2 heterocycles. The van der Waals surface area contributed by atoms with E-state index in [4.69, 9.17) is 5.73 Å². The summed E-state index contributed by atoms with van der Waals surface area (Å²) in [5.41, 5.74) is 6.85. The van der Waals surface area contributed by atoms with Crippen molar-refractivity contribution < 1.29 is 0 Å². The van der Waals surface area contributed by atoms with Gasteiger partial charge < -0.3 is 10.6 Å². The number of hydrogen-bond donors (Lipinski definition) is 2. The maximum atomic E-state index is 12.2. The van der Waals surface area contributed by atoms with Crippen molar-refractivity contribution in [3.63, 3.8) is 0 Å². The zero-order valence-corrected chi connectivity index (χ0v) is 12.5. The smallest absolute Gasteiger partial charge is 0.260 e. The highest BCUT2D eigenvalue weighted by Crippen LogP contribution is 2.31. The maximum absolute atomic E-state index is 12.2. The van der Waals surface area contributed by atoms with Gasteiger partial charge in [-0.3, -0.25) is 9.78 Å². The van der Waals surface area contributed by atoms with Crippen molar-refractivity contribution >= 4 is 34.3 Å². The predicted molar refractivity (Wildman–Crippen MR) is 85.5 cm³/mol. The lowest BCUT2D eigenvalue weighted by Gasteiger charge is -2.37. The van der Waals surface area contributed by atoms with E-state index in [0.717, 1.165) is 18.8 Å². The molecule has 0 aliphatic carbocycles. The van der Waals surface area contributed by atoms with Crippen LogP contribution in [0.1, 0.15) is 13.8 Å². The molecule has 1 aromatic carbocycles. The average Bonchev–Trinajstić information content (AvgIpc) is 2.38. The van der Waals surface area contributed by atoms with Gasteiger partial charge >= 0.3 is 0 Å². The molecule has 1 aromatic heterocycles. The molecule has 1 saturated heterocycles. The van der Waals surface area contributed by atoms with Crippen LogP contribution in [0.3, 0.4) is 0 Å². The Labute approximate surface area is 121 Å². The molecule has 0 unspecified atom stereocenters. The quantitative estimate of drug-likeness (QED) is 0.784. The van der Waals surface area contributed by atoms with Crippen LogP contribution in [-0.4, -0.2) is 33.6 Å². The molecule has 3 rings (SSSR count). The summed E-state index contributed by atoms with van der Waals surface area (Å²) in [5.74, 6) is 1.69. The standard InChI is InChI=1S/C14H18N4OS/c1-14(2)8-18(5-6-20-14)13-16-11-4-3-9(15)7-10(11)12(19)17-13/h3-4,7H,5-6,8,15H2,1-2H3,(H,16,17,19). The Morgan fingerprint density at radius 3 is 3.00 bits per heavy atom. The fourth-order valence-corrected chi connectivity index (χ4v) is 3.60. The number of thioether (sulfide) groups is 1. The highest BCUT2D eigenvalue weighted by molar-refractivity contribution is 8.00. The van der Waals surface area contributed by atoms with Crippen molar-refractivity contribution in [1.29, 1.82) is 0 Å². The Morgan fingerprint density at radius 1 is 1.45 bits per heavy atom. The number of H-pyrrole nitrogens is 1. The lowest BCUT2D eigenvalue weighted by Crippen LogP contribution is -2.44. The Hall–Kier alpha value is -1.69. The third-order valence-electron chi connectivity index (χ3n) is 3.44. The van der Waals surface area contributed by atoms with E-state index in [1.54, 1.807) is 18.2 Å². The van der Waals surface area contributed by atoms with Crippen LogP contribution in [-0.2, 0) is 0 Å². The fourth-order valence-electron chi connectivity index (χ4n) is 2.49. The lowest BCUT2D eigenvalue weighted by atomic mass is 10.2. The number of nitrogen functional groups attached to an aromatic ring is 1. The zero-order chi connectivity index (χ0) is 14.3. The summed E-state index contributed by atoms with van der Waals surface area (Å²) < 4.78 is 0.174. The van der Waals surface area contributed by atoms with Crippen molar-refractivity contribution in [2.45, 2.75) is 18.6 Å². The number of nitrogens with two attached hydrogens (primary N) is 1. The molecule has 3 N–H and O–H groups in total. The number of anilines is 2. The molecular weight excluding hydrogens is 272 g/mol. The summed E-state index contributed by atoms with van der Waals surface area (Å²) in [7, 11) is 0. The monoisotopic (exact) mass is 290 g/mol. The largest absolute Gasteiger partial charge is 0.399 e. The Kier molecular flexibility index (Phi) is 3.12. The molecule has 0 amide bonds. The molecule has 0 spiro atoms. The van der Waals surface area contributed by atoms with Gasteiger partial charge in [-0.2, -0.15) is 11.8 Å². The second-order valence-corrected chi connectivity index (χ2v) is 7.50. The van der Waals surface area contributed by atoms with Crippen LogP contribution >= 0.6 is 11.8 Å². The Balaban J connectivity index is 2.05. The van der Waals surface area contributed by atoms with Gasteiger partial charge in [0.05, 0.1) is 10.9 Å². The average molecular weight is 290 g/mol. The van der Waals surface area contributed by atoms with Crippen molar-refractivity contribution in [2.75, 3.05) is 29.5 Å². The van der Waals surface area contributed by atoms with E-state index >= 15 is 0 Å². The van der Waals surface area contributed by atoms with Gasteiger partial charge in [-0.05, 0) is 32.0 Å². The number of nitrogens with zero attached hydrogens (tertiary/aromatic N) is 2. The fraction of sp³-hybridized carbons (Fsp3) is 0.429. The first kappa shape index (κ1) is 13.3. The first-order valence-corrected chi connectivity index (χ1v) is 7.62. The van der Waals surface area contributed by atoms with Crippen molar-refractivity contribution in [1.82, 2.24) is 9.97 Å². The maximum Gasteiger partial charge on any atom is 0.260 e. The Morgan fingerprint density at radius 2 is 2.25 bits per heavy atom. The zero-order valence-electron chi connectivity index (χ0n) is 11.6. The predicted octanol–water partition coefficient (Wildman–Crippen LogP) is 1.84. The van der Waals surface area contributed by atoms with Crippen molar-refractivity contribution in [3.8, 4) is 0 Å². The van der Waals surface area contributed by atoms with E-state index in [0.29, 0.717) is 22.5 Å². The van der Waals surface area contributed by atoms with Gasteiger partial charge in [-0.15, -0.1) is 0 Å². The molecule has 1 aliphatic heterocycles. The number of hydrogen-bond acceptors (Lipinski definition) is 5. The second-order valence-electron chi connectivity index (χ2n) is 5.70. The first-order chi connectivity index (χ1) is 9.44. The molecule has 20 heavy (non-hydrogen) atoms. The van der Waals surface area contributed by atoms with Gasteiger partial charge in [0, 0.05) is 29.3 Å². The number of rotatable bonds is 1. The van der Waals surface area contributed by atoms with E-state index in [-0.39, 0.29) is 10.3 Å². The number of fused-ring (bicyclic) bond motifs is 1. The van der Waals surface area contributed by atoms with Crippen LogP contribution in [0, 0.1) is 0 Å². The summed E-state index contributed by atoms with van der Waals surface area (Å²) in [5, 5.41) is 0.541. The van der Waals surface area contributed by atoms with Crippen LogP contribution in [0.4, 0.5) is 11.6 Å². The topological polar surface area (TPSA) is 75.0 Å². The van der Waals surface area contributed by atoms with Crippen molar-refractivity contribution in [3.05, 3.63) is 28.6 Å². The van der Waals surface area contributed by atoms with Gasteiger partial charge in [0.1, 0.15) is 0 Å². The van der Waals surface area contributed by atoms with E-state index < -0.39 is 0 Å². The normalized spacial score (nSPS) is 18.4. The molecule has 2 aromatic rings. The van der Waals surface area contributed by atoms with Crippen molar-refractivity contribution in [2.24, 2.45) is 0 Å². The summed E-state index contributed by atoms with van der Waals surface area (Å²) in [4.78, 5) is 21.8.